The molecule has 1 aromatic carbocycles. The lowest BCUT2D eigenvalue weighted by Crippen LogP contribution is -2.53. The summed E-state index contributed by atoms with van der Waals surface area (Å²) in [7, 11) is 2.16. The molecular formula is C15H23ClFN3. The molecule has 1 aliphatic rings. The highest BCUT2D eigenvalue weighted by Crippen LogP contribution is 2.29. The molecule has 112 valence electrons. The predicted molar refractivity (Wildman–Crippen MR) is 81.5 cm³/mol. The zero-order valence-corrected chi connectivity index (χ0v) is 12.9. The average molecular weight is 300 g/mol. The Morgan fingerprint density at radius 3 is 2.80 bits per heavy atom. The number of halogens is 2. The Labute approximate surface area is 125 Å². The van der Waals surface area contributed by atoms with Gasteiger partial charge < -0.3 is 10.6 Å². The first-order valence-electron chi connectivity index (χ1n) is 7.16. The molecule has 0 aliphatic carbocycles. The number of nitrogens with zero attached hydrogens (tertiary/aromatic N) is 2. The van der Waals surface area contributed by atoms with Crippen molar-refractivity contribution in [3.8, 4) is 0 Å². The van der Waals surface area contributed by atoms with Crippen molar-refractivity contribution in [1.82, 2.24) is 9.80 Å². The third-order valence-electron chi connectivity index (χ3n) is 4.27. The second-order valence-electron chi connectivity index (χ2n) is 5.45. The van der Waals surface area contributed by atoms with Gasteiger partial charge in [-0.15, -0.1) is 0 Å². The van der Waals surface area contributed by atoms with E-state index in [4.69, 9.17) is 17.3 Å². The van der Waals surface area contributed by atoms with E-state index in [0.29, 0.717) is 17.6 Å². The summed E-state index contributed by atoms with van der Waals surface area (Å²) < 4.78 is 13.2. The van der Waals surface area contributed by atoms with Gasteiger partial charge in [0.15, 0.2) is 0 Å². The van der Waals surface area contributed by atoms with E-state index in [1.165, 1.54) is 12.1 Å². The molecule has 1 heterocycles. The van der Waals surface area contributed by atoms with Gasteiger partial charge in [-0.1, -0.05) is 24.6 Å². The van der Waals surface area contributed by atoms with Crippen LogP contribution in [0.1, 0.15) is 24.9 Å². The zero-order chi connectivity index (χ0) is 14.7. The summed E-state index contributed by atoms with van der Waals surface area (Å²) in [4.78, 5) is 4.75. The number of hydrogen-bond acceptors (Lipinski definition) is 3. The Morgan fingerprint density at radius 1 is 1.45 bits per heavy atom. The first-order chi connectivity index (χ1) is 9.56. The van der Waals surface area contributed by atoms with Crippen molar-refractivity contribution < 1.29 is 4.39 Å². The van der Waals surface area contributed by atoms with Crippen molar-refractivity contribution in [3.05, 3.63) is 34.6 Å². The largest absolute Gasteiger partial charge is 0.329 e. The Kier molecular flexibility index (Phi) is 5.38. The van der Waals surface area contributed by atoms with Gasteiger partial charge in [-0.3, -0.25) is 4.90 Å². The Balaban J connectivity index is 2.19. The van der Waals surface area contributed by atoms with Gasteiger partial charge in [0, 0.05) is 43.3 Å². The van der Waals surface area contributed by atoms with Crippen molar-refractivity contribution in [2.24, 2.45) is 5.73 Å². The van der Waals surface area contributed by atoms with Crippen molar-refractivity contribution in [2.75, 3.05) is 33.2 Å². The second-order valence-corrected chi connectivity index (χ2v) is 5.86. The highest BCUT2D eigenvalue weighted by atomic mass is 35.5. The van der Waals surface area contributed by atoms with Crippen molar-refractivity contribution in [1.29, 1.82) is 0 Å². The number of hydrogen-bond donors (Lipinski definition) is 1. The van der Waals surface area contributed by atoms with Gasteiger partial charge >= 0.3 is 0 Å². The van der Waals surface area contributed by atoms with Gasteiger partial charge in [-0.05, 0) is 31.2 Å². The SMILES string of the molecule is CCC1CN(C(CN)c2ccc(F)cc2Cl)CCN1C. The van der Waals surface area contributed by atoms with Crippen molar-refractivity contribution in [3.63, 3.8) is 0 Å². The van der Waals surface area contributed by atoms with E-state index in [9.17, 15) is 4.39 Å². The first kappa shape index (κ1) is 15.7. The van der Waals surface area contributed by atoms with Crippen LogP contribution >= 0.6 is 11.6 Å². The topological polar surface area (TPSA) is 32.5 Å². The summed E-state index contributed by atoms with van der Waals surface area (Å²) in [5.41, 5.74) is 6.88. The molecule has 2 unspecified atom stereocenters. The number of benzene rings is 1. The zero-order valence-electron chi connectivity index (χ0n) is 12.1. The molecule has 0 amide bonds. The molecule has 2 atom stereocenters. The molecule has 0 aromatic heterocycles. The minimum Gasteiger partial charge on any atom is -0.329 e. The number of piperazine rings is 1. The molecule has 1 aromatic rings. The molecule has 0 bridgehead atoms. The van der Waals surface area contributed by atoms with E-state index < -0.39 is 0 Å². The van der Waals surface area contributed by atoms with Gasteiger partial charge in [0.2, 0.25) is 0 Å². The molecule has 1 saturated heterocycles. The minimum absolute atomic E-state index is 0.0610. The summed E-state index contributed by atoms with van der Waals surface area (Å²) in [6.45, 7) is 5.65. The predicted octanol–water partition coefficient (Wildman–Crippen LogP) is 2.50. The monoisotopic (exact) mass is 299 g/mol. The fourth-order valence-corrected chi connectivity index (χ4v) is 3.23. The van der Waals surface area contributed by atoms with Crippen LogP contribution in [-0.4, -0.2) is 49.1 Å². The van der Waals surface area contributed by atoms with Crippen LogP contribution in [0.4, 0.5) is 4.39 Å². The van der Waals surface area contributed by atoms with Crippen molar-refractivity contribution in [2.45, 2.75) is 25.4 Å². The molecule has 2 N–H and O–H groups in total. The molecule has 3 nitrogen and oxygen atoms in total. The normalized spacial score (nSPS) is 22.9. The maximum atomic E-state index is 13.2. The lowest BCUT2D eigenvalue weighted by molar-refractivity contribution is 0.0644. The fourth-order valence-electron chi connectivity index (χ4n) is 2.94. The smallest absolute Gasteiger partial charge is 0.124 e. The molecule has 2 rings (SSSR count). The second kappa shape index (κ2) is 6.85. The molecule has 1 fully saturated rings. The molecule has 0 saturated carbocycles. The standard InChI is InChI=1S/C15H23ClFN3/c1-3-12-10-20(7-6-19(12)2)15(9-18)13-5-4-11(17)8-14(13)16/h4-5,8,12,15H,3,6-7,9-10,18H2,1-2H3. The summed E-state index contributed by atoms with van der Waals surface area (Å²) in [6, 6.07) is 5.18. The first-order valence-corrected chi connectivity index (χ1v) is 7.54. The van der Waals surface area contributed by atoms with Crippen LogP contribution in [-0.2, 0) is 0 Å². The van der Waals surface area contributed by atoms with Crippen LogP contribution in [0.5, 0.6) is 0 Å². The van der Waals surface area contributed by atoms with E-state index in [1.54, 1.807) is 6.07 Å². The van der Waals surface area contributed by atoms with Crippen molar-refractivity contribution >= 4 is 11.6 Å². The summed E-state index contributed by atoms with van der Waals surface area (Å²) >= 11 is 6.19. The quantitative estimate of drug-likeness (QED) is 0.927. The van der Waals surface area contributed by atoms with Crippen LogP contribution in [0, 0.1) is 5.82 Å². The minimum atomic E-state index is -0.306. The van der Waals surface area contributed by atoms with Crippen LogP contribution in [0.3, 0.4) is 0 Å². The van der Waals surface area contributed by atoms with Gasteiger partial charge in [0.05, 0.1) is 0 Å². The molecule has 20 heavy (non-hydrogen) atoms. The summed E-state index contributed by atoms with van der Waals surface area (Å²) in [5.74, 6) is -0.306. The molecular weight excluding hydrogens is 277 g/mol. The fraction of sp³-hybridized carbons (Fsp3) is 0.600. The lowest BCUT2D eigenvalue weighted by Gasteiger charge is -2.42. The average Bonchev–Trinajstić information content (AvgIpc) is 2.43. The molecule has 5 heteroatoms. The van der Waals surface area contributed by atoms with Crippen LogP contribution in [0.2, 0.25) is 5.02 Å². The lowest BCUT2D eigenvalue weighted by atomic mass is 10.0. The Bertz CT molecular complexity index is 455. The van der Waals surface area contributed by atoms with E-state index in [0.717, 1.165) is 31.6 Å². The van der Waals surface area contributed by atoms with E-state index in [-0.39, 0.29) is 11.9 Å². The van der Waals surface area contributed by atoms with E-state index in [2.05, 4.69) is 23.8 Å². The van der Waals surface area contributed by atoms with Gasteiger partial charge in [0.1, 0.15) is 5.82 Å². The van der Waals surface area contributed by atoms with Gasteiger partial charge in [-0.2, -0.15) is 0 Å². The van der Waals surface area contributed by atoms with Crippen LogP contribution in [0.25, 0.3) is 0 Å². The highest BCUT2D eigenvalue weighted by molar-refractivity contribution is 6.31. The van der Waals surface area contributed by atoms with E-state index >= 15 is 0 Å². The number of nitrogens with two attached hydrogens (primary N) is 1. The van der Waals surface area contributed by atoms with Crippen LogP contribution in [0.15, 0.2) is 18.2 Å². The third-order valence-corrected chi connectivity index (χ3v) is 4.59. The third kappa shape index (κ3) is 3.31. The molecule has 0 radical (unpaired) electrons. The van der Waals surface area contributed by atoms with E-state index in [1.807, 2.05) is 0 Å². The molecule has 0 spiro atoms. The van der Waals surface area contributed by atoms with Crippen LogP contribution < -0.4 is 5.73 Å². The highest BCUT2D eigenvalue weighted by Gasteiger charge is 2.29. The number of likely N-dealkylation sites (N-methyl/N-ethyl adjacent to an activating group) is 1. The Morgan fingerprint density at radius 2 is 2.20 bits per heavy atom. The van der Waals surface area contributed by atoms with Gasteiger partial charge in [-0.25, -0.2) is 4.39 Å². The number of rotatable bonds is 4. The molecule has 1 aliphatic heterocycles. The summed E-state index contributed by atoms with van der Waals surface area (Å²) in [6.07, 6.45) is 1.11. The maximum Gasteiger partial charge on any atom is 0.124 e. The van der Waals surface area contributed by atoms with Gasteiger partial charge in [0.25, 0.3) is 0 Å². The maximum absolute atomic E-state index is 13.2. The Hall–Kier alpha value is -0.680. The summed E-state index contributed by atoms with van der Waals surface area (Å²) in [5, 5.41) is 0.465.